The van der Waals surface area contributed by atoms with Crippen LogP contribution in [0, 0.1) is 6.92 Å². The number of aryl methyl sites for hydroxylation is 1. The van der Waals surface area contributed by atoms with Crippen molar-refractivity contribution in [2.75, 3.05) is 13.2 Å². The maximum absolute atomic E-state index is 11.9. The number of carboxylic acid groups (broad SMARTS) is 1. The highest BCUT2D eigenvalue weighted by atomic mass is 32.1. The molecule has 1 amide bonds. The highest BCUT2D eigenvalue weighted by Gasteiger charge is 2.41. The summed E-state index contributed by atoms with van der Waals surface area (Å²) in [7, 11) is 0. The molecule has 1 aliphatic heterocycles. The van der Waals surface area contributed by atoms with Crippen molar-refractivity contribution < 1.29 is 19.4 Å². The summed E-state index contributed by atoms with van der Waals surface area (Å²) in [6, 6.07) is 1.97. The Labute approximate surface area is 121 Å². The van der Waals surface area contributed by atoms with Gasteiger partial charge in [-0.25, -0.2) is 4.79 Å². The van der Waals surface area contributed by atoms with E-state index in [1.165, 1.54) is 17.4 Å². The summed E-state index contributed by atoms with van der Waals surface area (Å²) >= 11 is 1.54. The number of rotatable bonds is 4. The second-order valence-corrected chi connectivity index (χ2v) is 5.74. The van der Waals surface area contributed by atoms with E-state index < -0.39 is 11.5 Å². The lowest BCUT2D eigenvalue weighted by Gasteiger charge is -2.33. The van der Waals surface area contributed by atoms with Crippen LogP contribution in [0.5, 0.6) is 0 Å². The molecule has 2 heterocycles. The molecule has 1 aromatic heterocycles. The SMILES string of the molecule is Cc1ccsc1/C=C/C(=O)NC1(C(=O)O)CCOCC1. The summed E-state index contributed by atoms with van der Waals surface area (Å²) < 4.78 is 5.16. The van der Waals surface area contributed by atoms with Gasteiger partial charge in [-0.15, -0.1) is 11.3 Å². The Bertz CT molecular complexity index is 529. The third-order valence-electron chi connectivity index (χ3n) is 3.41. The van der Waals surface area contributed by atoms with Gasteiger partial charge < -0.3 is 15.2 Å². The average Bonchev–Trinajstić information content (AvgIpc) is 2.83. The lowest BCUT2D eigenvalue weighted by Crippen LogP contribution is -2.57. The van der Waals surface area contributed by atoms with Crippen LogP contribution in [-0.4, -0.2) is 35.7 Å². The maximum Gasteiger partial charge on any atom is 0.329 e. The Morgan fingerprint density at radius 1 is 1.45 bits per heavy atom. The standard InChI is InChI=1S/C14H17NO4S/c1-10-4-9-20-11(10)2-3-12(16)15-14(13(17)18)5-7-19-8-6-14/h2-4,9H,5-8H2,1H3,(H,15,16)(H,17,18)/b3-2+. The number of carbonyl (C=O) groups is 2. The largest absolute Gasteiger partial charge is 0.480 e. The van der Waals surface area contributed by atoms with Gasteiger partial charge in [0.05, 0.1) is 0 Å². The first-order valence-electron chi connectivity index (χ1n) is 6.39. The zero-order valence-electron chi connectivity index (χ0n) is 11.2. The Kier molecular flexibility index (Phi) is 4.57. The van der Waals surface area contributed by atoms with Gasteiger partial charge >= 0.3 is 5.97 Å². The second kappa shape index (κ2) is 6.19. The first-order chi connectivity index (χ1) is 9.53. The average molecular weight is 295 g/mol. The highest BCUT2D eigenvalue weighted by molar-refractivity contribution is 7.11. The molecule has 1 fully saturated rings. The maximum atomic E-state index is 11.9. The molecule has 0 atom stereocenters. The van der Waals surface area contributed by atoms with Crippen molar-refractivity contribution in [3.8, 4) is 0 Å². The minimum atomic E-state index is -1.20. The lowest BCUT2D eigenvalue weighted by molar-refractivity contribution is -0.151. The van der Waals surface area contributed by atoms with E-state index >= 15 is 0 Å². The van der Waals surface area contributed by atoms with Crippen molar-refractivity contribution in [1.29, 1.82) is 0 Å². The summed E-state index contributed by atoms with van der Waals surface area (Å²) in [5.74, 6) is -1.39. The zero-order valence-corrected chi connectivity index (χ0v) is 12.0. The molecule has 0 spiro atoms. The molecule has 1 aromatic rings. The molecular weight excluding hydrogens is 278 g/mol. The van der Waals surface area contributed by atoms with Gasteiger partial charge in [0.25, 0.3) is 0 Å². The van der Waals surface area contributed by atoms with Crippen LogP contribution in [0.15, 0.2) is 17.5 Å². The zero-order chi connectivity index (χ0) is 14.6. The van der Waals surface area contributed by atoms with Crippen molar-refractivity contribution in [2.45, 2.75) is 25.3 Å². The predicted molar refractivity (Wildman–Crippen MR) is 76.7 cm³/mol. The number of aliphatic carboxylic acids is 1. The van der Waals surface area contributed by atoms with Crippen LogP contribution in [0.2, 0.25) is 0 Å². The third-order valence-corrected chi connectivity index (χ3v) is 4.39. The molecule has 0 unspecified atom stereocenters. The second-order valence-electron chi connectivity index (χ2n) is 4.79. The Morgan fingerprint density at radius 2 is 2.15 bits per heavy atom. The van der Waals surface area contributed by atoms with E-state index in [2.05, 4.69) is 5.32 Å². The van der Waals surface area contributed by atoms with E-state index in [1.54, 1.807) is 6.08 Å². The molecular formula is C14H17NO4S. The normalized spacial score (nSPS) is 18.1. The van der Waals surface area contributed by atoms with Crippen LogP contribution in [0.1, 0.15) is 23.3 Å². The highest BCUT2D eigenvalue weighted by Crippen LogP contribution is 2.21. The fraction of sp³-hybridized carbons (Fsp3) is 0.429. The molecule has 0 aromatic carbocycles. The summed E-state index contributed by atoms with van der Waals surface area (Å²) in [4.78, 5) is 24.3. The van der Waals surface area contributed by atoms with Gasteiger partial charge in [0, 0.05) is 37.0 Å². The number of amides is 1. The van der Waals surface area contributed by atoms with Crippen LogP contribution in [0.4, 0.5) is 0 Å². The van der Waals surface area contributed by atoms with E-state index in [0.29, 0.717) is 26.1 Å². The smallest absolute Gasteiger partial charge is 0.329 e. The van der Waals surface area contributed by atoms with Crippen LogP contribution in [0.3, 0.4) is 0 Å². The molecule has 0 radical (unpaired) electrons. The lowest BCUT2D eigenvalue weighted by atomic mass is 9.90. The fourth-order valence-corrected chi connectivity index (χ4v) is 2.92. The molecule has 108 valence electrons. The number of hydrogen-bond donors (Lipinski definition) is 2. The number of carbonyl (C=O) groups excluding carboxylic acids is 1. The number of nitrogens with one attached hydrogen (secondary N) is 1. The van der Waals surface area contributed by atoms with E-state index in [-0.39, 0.29) is 5.91 Å². The fourth-order valence-electron chi connectivity index (χ4n) is 2.10. The molecule has 0 aliphatic carbocycles. The quantitative estimate of drug-likeness (QED) is 0.831. The van der Waals surface area contributed by atoms with Gasteiger partial charge in [0.15, 0.2) is 0 Å². The molecule has 2 N–H and O–H groups in total. The van der Waals surface area contributed by atoms with Crippen LogP contribution >= 0.6 is 11.3 Å². The first kappa shape index (κ1) is 14.7. The van der Waals surface area contributed by atoms with Crippen molar-refractivity contribution in [3.05, 3.63) is 28.0 Å². The Balaban J connectivity index is 2.04. The number of ether oxygens (including phenoxy) is 1. The molecule has 20 heavy (non-hydrogen) atoms. The van der Waals surface area contributed by atoms with Crippen molar-refractivity contribution in [3.63, 3.8) is 0 Å². The third kappa shape index (κ3) is 3.26. The molecule has 2 rings (SSSR count). The van der Waals surface area contributed by atoms with Crippen molar-refractivity contribution in [2.24, 2.45) is 0 Å². The van der Waals surface area contributed by atoms with Gasteiger partial charge in [0.2, 0.25) is 5.91 Å². The van der Waals surface area contributed by atoms with Crippen LogP contribution in [0.25, 0.3) is 6.08 Å². The molecule has 1 aliphatic rings. The van der Waals surface area contributed by atoms with Crippen molar-refractivity contribution in [1.82, 2.24) is 5.32 Å². The molecule has 0 bridgehead atoms. The number of thiophene rings is 1. The summed E-state index contributed by atoms with van der Waals surface area (Å²) in [6.45, 7) is 2.66. The summed E-state index contributed by atoms with van der Waals surface area (Å²) in [6.07, 6.45) is 3.68. The Morgan fingerprint density at radius 3 is 2.70 bits per heavy atom. The number of carboxylic acids is 1. The van der Waals surface area contributed by atoms with E-state index in [1.807, 2.05) is 18.4 Å². The topological polar surface area (TPSA) is 75.6 Å². The minimum absolute atomic E-state index is 0.292. The molecule has 0 saturated carbocycles. The van der Waals surface area contributed by atoms with Crippen molar-refractivity contribution >= 4 is 29.3 Å². The number of hydrogen-bond acceptors (Lipinski definition) is 4. The molecule has 5 nitrogen and oxygen atoms in total. The van der Waals surface area contributed by atoms with Gasteiger partial charge in [-0.2, -0.15) is 0 Å². The van der Waals surface area contributed by atoms with Crippen LogP contribution < -0.4 is 5.32 Å². The van der Waals surface area contributed by atoms with Gasteiger partial charge in [-0.3, -0.25) is 4.79 Å². The summed E-state index contributed by atoms with van der Waals surface area (Å²) in [5.41, 5.74) is -0.109. The van der Waals surface area contributed by atoms with E-state index in [9.17, 15) is 14.7 Å². The first-order valence-corrected chi connectivity index (χ1v) is 7.27. The van der Waals surface area contributed by atoms with E-state index in [4.69, 9.17) is 4.74 Å². The summed E-state index contributed by atoms with van der Waals surface area (Å²) in [5, 5.41) is 13.9. The Hall–Kier alpha value is -1.66. The minimum Gasteiger partial charge on any atom is -0.480 e. The monoisotopic (exact) mass is 295 g/mol. The van der Waals surface area contributed by atoms with Gasteiger partial charge in [-0.1, -0.05) is 0 Å². The van der Waals surface area contributed by atoms with E-state index in [0.717, 1.165) is 10.4 Å². The van der Waals surface area contributed by atoms with Gasteiger partial charge in [-0.05, 0) is 30.0 Å². The molecule has 6 heteroatoms. The van der Waals surface area contributed by atoms with Gasteiger partial charge in [0.1, 0.15) is 5.54 Å². The predicted octanol–water partition coefficient (Wildman–Crippen LogP) is 1.82. The van der Waals surface area contributed by atoms with Crippen LogP contribution in [-0.2, 0) is 14.3 Å². The molecule has 1 saturated heterocycles.